The fraction of sp³-hybridized carbons (Fsp3) is 0.333. The van der Waals surface area contributed by atoms with Crippen LogP contribution in [0.4, 0.5) is 0 Å². The molecule has 0 amide bonds. The van der Waals surface area contributed by atoms with Crippen LogP contribution in [-0.2, 0) is 0 Å². The molecule has 2 heteroatoms. The summed E-state index contributed by atoms with van der Waals surface area (Å²) >= 11 is 6.83. The van der Waals surface area contributed by atoms with Crippen LogP contribution in [-0.4, -0.2) is 5.33 Å². The van der Waals surface area contributed by atoms with E-state index in [9.17, 15) is 0 Å². The summed E-state index contributed by atoms with van der Waals surface area (Å²) in [6.07, 6.45) is 0.898. The van der Waals surface area contributed by atoms with E-state index < -0.39 is 0 Å². The first-order chi connectivity index (χ1) is 6.65. The maximum atomic E-state index is 3.47. The van der Waals surface area contributed by atoms with Gasteiger partial charge in [0.1, 0.15) is 0 Å². The number of aryl methyl sites for hydroxylation is 2. The molecule has 0 radical (unpaired) electrons. The maximum absolute atomic E-state index is 3.47. The quantitative estimate of drug-likeness (QED) is 0.538. The molecule has 1 rings (SSSR count). The first kappa shape index (κ1) is 11.8. The number of hydrogen-bond acceptors (Lipinski definition) is 0. The van der Waals surface area contributed by atoms with Gasteiger partial charge in [-0.1, -0.05) is 43.7 Å². The highest BCUT2D eigenvalue weighted by Gasteiger charge is 2.00. The molecule has 1 aromatic rings. The molecular formula is C12H12Br2. The molecule has 0 unspecified atom stereocenters. The van der Waals surface area contributed by atoms with Crippen molar-refractivity contribution in [1.29, 1.82) is 0 Å². The van der Waals surface area contributed by atoms with Crippen LogP contribution in [0, 0.1) is 25.7 Å². The minimum atomic E-state index is 0.898. The minimum Gasteiger partial charge on any atom is -0.0970 e. The Labute approximate surface area is 102 Å². The molecule has 0 aromatic heterocycles. The van der Waals surface area contributed by atoms with Crippen LogP contribution in [0.25, 0.3) is 0 Å². The van der Waals surface area contributed by atoms with Crippen molar-refractivity contribution in [3.63, 3.8) is 0 Å². The summed E-state index contributed by atoms with van der Waals surface area (Å²) in [6.45, 7) is 4.19. The number of halogens is 2. The highest BCUT2D eigenvalue weighted by molar-refractivity contribution is 9.10. The molecule has 1 aromatic carbocycles. The van der Waals surface area contributed by atoms with Gasteiger partial charge in [-0.05, 0) is 37.1 Å². The van der Waals surface area contributed by atoms with E-state index in [0.29, 0.717) is 0 Å². The number of alkyl halides is 1. The Morgan fingerprint density at radius 1 is 1.21 bits per heavy atom. The lowest BCUT2D eigenvalue weighted by Gasteiger charge is -2.03. The van der Waals surface area contributed by atoms with Gasteiger partial charge in [0.2, 0.25) is 0 Å². The lowest BCUT2D eigenvalue weighted by atomic mass is 10.0. The largest absolute Gasteiger partial charge is 0.0970 e. The molecule has 0 spiro atoms. The molecule has 0 fully saturated rings. The molecule has 74 valence electrons. The first-order valence-corrected chi connectivity index (χ1v) is 6.38. The summed E-state index contributed by atoms with van der Waals surface area (Å²) in [6, 6.07) is 4.20. The zero-order chi connectivity index (χ0) is 10.6. The molecule has 0 saturated heterocycles. The fourth-order valence-corrected chi connectivity index (χ4v) is 2.19. The molecule has 0 heterocycles. The third-order valence-corrected chi connectivity index (χ3v) is 2.78. The van der Waals surface area contributed by atoms with Gasteiger partial charge >= 0.3 is 0 Å². The first-order valence-electron chi connectivity index (χ1n) is 4.46. The second-order valence-corrected chi connectivity index (χ2v) is 4.86. The Morgan fingerprint density at radius 2 is 1.79 bits per heavy atom. The van der Waals surface area contributed by atoms with Crippen molar-refractivity contribution in [1.82, 2.24) is 0 Å². The summed E-state index contributed by atoms with van der Waals surface area (Å²) in [7, 11) is 0. The molecule has 0 atom stereocenters. The second kappa shape index (κ2) is 5.58. The Kier molecular flexibility index (Phi) is 4.71. The smallest absolute Gasteiger partial charge is 0.0304 e. The topological polar surface area (TPSA) is 0 Å². The Morgan fingerprint density at radius 3 is 2.29 bits per heavy atom. The van der Waals surface area contributed by atoms with Crippen molar-refractivity contribution in [2.24, 2.45) is 0 Å². The average Bonchev–Trinajstić information content (AvgIpc) is 2.09. The van der Waals surface area contributed by atoms with Crippen LogP contribution >= 0.6 is 31.9 Å². The summed E-state index contributed by atoms with van der Waals surface area (Å²) in [5.41, 5.74) is 3.63. The van der Waals surface area contributed by atoms with Gasteiger partial charge in [0.05, 0.1) is 0 Å². The van der Waals surface area contributed by atoms with Gasteiger partial charge in [0.25, 0.3) is 0 Å². The molecule has 0 bridgehead atoms. The SMILES string of the molecule is Cc1cc(Br)cc(C)c1C#CCCBr. The van der Waals surface area contributed by atoms with Crippen molar-refractivity contribution in [3.8, 4) is 11.8 Å². The van der Waals surface area contributed by atoms with Crippen molar-refractivity contribution < 1.29 is 0 Å². The lowest BCUT2D eigenvalue weighted by Crippen LogP contribution is -1.87. The number of hydrogen-bond donors (Lipinski definition) is 0. The third-order valence-electron chi connectivity index (χ3n) is 1.93. The molecular weight excluding hydrogens is 304 g/mol. The van der Waals surface area contributed by atoms with E-state index in [1.807, 2.05) is 0 Å². The highest BCUT2D eigenvalue weighted by Crippen LogP contribution is 2.19. The standard InChI is InChI=1S/C12H12Br2/c1-9-7-11(14)8-10(2)12(9)5-3-4-6-13/h7-8H,4,6H2,1-2H3. The normalized spacial score (nSPS) is 9.43. The van der Waals surface area contributed by atoms with Gasteiger partial charge in [-0.15, -0.1) is 0 Å². The number of rotatable bonds is 1. The van der Waals surface area contributed by atoms with Crippen LogP contribution in [0.5, 0.6) is 0 Å². The van der Waals surface area contributed by atoms with Crippen LogP contribution in [0.1, 0.15) is 23.1 Å². The third kappa shape index (κ3) is 3.15. The van der Waals surface area contributed by atoms with Crippen LogP contribution in [0.3, 0.4) is 0 Å². The summed E-state index contributed by atoms with van der Waals surface area (Å²) in [4.78, 5) is 0. The Hall–Kier alpha value is -0.260. The Bertz CT molecular complexity index is 360. The van der Waals surface area contributed by atoms with Crippen molar-refractivity contribution in [2.45, 2.75) is 20.3 Å². The van der Waals surface area contributed by atoms with E-state index in [2.05, 4.69) is 69.7 Å². The maximum Gasteiger partial charge on any atom is 0.0304 e. The molecule has 0 N–H and O–H groups in total. The monoisotopic (exact) mass is 314 g/mol. The zero-order valence-corrected chi connectivity index (χ0v) is 11.5. The summed E-state index contributed by atoms with van der Waals surface area (Å²) in [5.74, 6) is 6.35. The van der Waals surface area contributed by atoms with Crippen LogP contribution in [0.2, 0.25) is 0 Å². The van der Waals surface area contributed by atoms with Crippen molar-refractivity contribution in [3.05, 3.63) is 33.3 Å². The van der Waals surface area contributed by atoms with E-state index in [4.69, 9.17) is 0 Å². The molecule has 14 heavy (non-hydrogen) atoms. The predicted octanol–water partition coefficient (Wildman–Crippen LogP) is 4.20. The van der Waals surface area contributed by atoms with Crippen molar-refractivity contribution in [2.75, 3.05) is 5.33 Å². The van der Waals surface area contributed by atoms with Gasteiger partial charge in [-0.2, -0.15) is 0 Å². The number of benzene rings is 1. The van der Waals surface area contributed by atoms with E-state index in [1.54, 1.807) is 0 Å². The van der Waals surface area contributed by atoms with E-state index in [1.165, 1.54) is 11.1 Å². The molecule has 0 aliphatic rings. The van der Waals surface area contributed by atoms with E-state index >= 15 is 0 Å². The minimum absolute atomic E-state index is 0.898. The van der Waals surface area contributed by atoms with Gasteiger partial charge in [-0.3, -0.25) is 0 Å². The van der Waals surface area contributed by atoms with Crippen LogP contribution in [0.15, 0.2) is 16.6 Å². The molecule has 0 aliphatic heterocycles. The van der Waals surface area contributed by atoms with Crippen LogP contribution < -0.4 is 0 Å². The van der Waals surface area contributed by atoms with Gasteiger partial charge in [-0.25, -0.2) is 0 Å². The summed E-state index contributed by atoms with van der Waals surface area (Å²) in [5, 5.41) is 0.939. The van der Waals surface area contributed by atoms with E-state index in [-0.39, 0.29) is 0 Å². The second-order valence-electron chi connectivity index (χ2n) is 3.16. The lowest BCUT2D eigenvalue weighted by molar-refractivity contribution is 1.30. The Balaban J connectivity index is 3.04. The predicted molar refractivity (Wildman–Crippen MR) is 68.9 cm³/mol. The van der Waals surface area contributed by atoms with Gasteiger partial charge < -0.3 is 0 Å². The summed E-state index contributed by atoms with van der Waals surface area (Å²) < 4.78 is 1.12. The molecule has 0 saturated carbocycles. The average molecular weight is 316 g/mol. The van der Waals surface area contributed by atoms with E-state index in [0.717, 1.165) is 21.8 Å². The zero-order valence-electron chi connectivity index (χ0n) is 8.32. The molecule has 0 nitrogen and oxygen atoms in total. The highest BCUT2D eigenvalue weighted by atomic mass is 79.9. The van der Waals surface area contributed by atoms with Gasteiger partial charge in [0.15, 0.2) is 0 Å². The van der Waals surface area contributed by atoms with Crippen molar-refractivity contribution >= 4 is 31.9 Å². The fourth-order valence-electron chi connectivity index (χ4n) is 1.31. The van der Waals surface area contributed by atoms with Gasteiger partial charge in [0, 0.05) is 21.8 Å². The molecule has 0 aliphatic carbocycles.